The molecule has 2 nitrogen and oxygen atoms in total. The minimum atomic E-state index is 0.417. The predicted octanol–water partition coefficient (Wildman–Crippen LogP) is 3.84. The molecule has 0 aromatic carbocycles. The molecule has 1 aromatic heterocycles. The van der Waals surface area contributed by atoms with Crippen molar-refractivity contribution in [3.05, 3.63) is 16.6 Å². The summed E-state index contributed by atoms with van der Waals surface area (Å²) in [6, 6.07) is 0. The van der Waals surface area contributed by atoms with Gasteiger partial charge in [-0.1, -0.05) is 40.0 Å². The van der Waals surface area contributed by atoms with Gasteiger partial charge < -0.3 is 5.32 Å². The monoisotopic (exact) mass is 240 g/mol. The van der Waals surface area contributed by atoms with E-state index in [1.54, 1.807) is 11.3 Å². The predicted molar refractivity (Wildman–Crippen MR) is 71.7 cm³/mol. The molecule has 0 spiro atoms. The molecule has 0 aliphatic carbocycles. The van der Waals surface area contributed by atoms with Crippen LogP contribution in [-0.2, 0) is 6.54 Å². The summed E-state index contributed by atoms with van der Waals surface area (Å²) in [6.07, 6.45) is 7.28. The molecule has 0 saturated heterocycles. The zero-order valence-electron chi connectivity index (χ0n) is 10.8. The molecule has 1 rings (SSSR count). The highest BCUT2D eigenvalue weighted by Crippen LogP contribution is 2.22. The second-order valence-corrected chi connectivity index (χ2v) is 6.16. The van der Waals surface area contributed by atoms with Gasteiger partial charge in [-0.3, -0.25) is 4.98 Å². The van der Waals surface area contributed by atoms with Crippen molar-refractivity contribution in [1.82, 2.24) is 10.3 Å². The zero-order valence-corrected chi connectivity index (χ0v) is 11.6. The summed E-state index contributed by atoms with van der Waals surface area (Å²) in [4.78, 5) is 5.40. The van der Waals surface area contributed by atoms with Crippen LogP contribution in [0.2, 0.25) is 0 Å². The maximum atomic E-state index is 4.08. The van der Waals surface area contributed by atoms with Gasteiger partial charge in [0, 0.05) is 24.2 Å². The van der Waals surface area contributed by atoms with Gasteiger partial charge in [-0.05, 0) is 11.8 Å². The van der Waals surface area contributed by atoms with Crippen LogP contribution < -0.4 is 5.32 Å². The number of rotatable bonds is 8. The van der Waals surface area contributed by atoms with E-state index in [4.69, 9.17) is 0 Å². The second kappa shape index (κ2) is 7.02. The van der Waals surface area contributed by atoms with Gasteiger partial charge in [0.25, 0.3) is 0 Å². The lowest BCUT2D eigenvalue weighted by Crippen LogP contribution is -2.28. The molecular weight excluding hydrogens is 216 g/mol. The Morgan fingerprint density at radius 2 is 2.19 bits per heavy atom. The van der Waals surface area contributed by atoms with Crippen LogP contribution in [0.5, 0.6) is 0 Å². The third-order valence-corrected chi connectivity index (χ3v) is 3.62. The van der Waals surface area contributed by atoms with E-state index in [2.05, 4.69) is 31.1 Å². The van der Waals surface area contributed by atoms with Crippen molar-refractivity contribution in [2.24, 2.45) is 5.41 Å². The third kappa shape index (κ3) is 5.61. The Morgan fingerprint density at radius 3 is 2.81 bits per heavy atom. The van der Waals surface area contributed by atoms with Gasteiger partial charge in [0.15, 0.2) is 0 Å². The molecule has 0 amide bonds. The smallest absolute Gasteiger partial charge is 0.0794 e. The Kier molecular flexibility index (Phi) is 5.99. The van der Waals surface area contributed by atoms with E-state index in [-0.39, 0.29) is 0 Å². The maximum Gasteiger partial charge on any atom is 0.0794 e. The number of thiazole rings is 1. The molecule has 0 unspecified atom stereocenters. The van der Waals surface area contributed by atoms with Crippen molar-refractivity contribution in [2.75, 3.05) is 6.54 Å². The van der Waals surface area contributed by atoms with Crippen LogP contribution in [0.1, 0.15) is 51.3 Å². The summed E-state index contributed by atoms with van der Waals surface area (Å²) in [5.74, 6) is 0. The van der Waals surface area contributed by atoms with E-state index in [1.807, 2.05) is 11.7 Å². The highest BCUT2D eigenvalue weighted by Gasteiger charge is 2.16. The number of hydrogen-bond acceptors (Lipinski definition) is 3. The minimum Gasteiger partial charge on any atom is -0.311 e. The molecule has 0 atom stereocenters. The fraction of sp³-hybridized carbons (Fsp3) is 0.769. The van der Waals surface area contributed by atoms with Crippen LogP contribution >= 0.6 is 11.3 Å². The summed E-state index contributed by atoms with van der Waals surface area (Å²) in [5.41, 5.74) is 2.31. The molecule has 1 heterocycles. The van der Waals surface area contributed by atoms with Gasteiger partial charge in [-0.2, -0.15) is 0 Å². The van der Waals surface area contributed by atoms with E-state index >= 15 is 0 Å². The molecule has 1 aromatic rings. The van der Waals surface area contributed by atoms with Gasteiger partial charge in [-0.15, -0.1) is 11.3 Å². The largest absolute Gasteiger partial charge is 0.311 e. The van der Waals surface area contributed by atoms with Crippen LogP contribution in [0.25, 0.3) is 0 Å². The number of nitrogens with one attached hydrogen (secondary N) is 1. The topological polar surface area (TPSA) is 24.9 Å². The summed E-state index contributed by atoms with van der Waals surface area (Å²) in [5, 5.41) is 3.53. The van der Waals surface area contributed by atoms with Gasteiger partial charge in [0.2, 0.25) is 0 Å². The van der Waals surface area contributed by atoms with Crippen LogP contribution in [0, 0.1) is 5.41 Å². The zero-order chi connectivity index (χ0) is 11.9. The SMILES string of the molecule is CCCCCC(C)(C)CNCc1cncs1. The number of aromatic nitrogens is 1. The quantitative estimate of drug-likeness (QED) is 0.698. The Morgan fingerprint density at radius 1 is 1.38 bits per heavy atom. The first kappa shape index (κ1) is 13.7. The van der Waals surface area contributed by atoms with E-state index in [0.29, 0.717) is 5.41 Å². The van der Waals surface area contributed by atoms with Gasteiger partial charge in [0.05, 0.1) is 5.51 Å². The molecule has 0 radical (unpaired) electrons. The first-order chi connectivity index (χ1) is 7.64. The lowest BCUT2D eigenvalue weighted by atomic mass is 9.87. The number of nitrogens with zero attached hydrogens (tertiary/aromatic N) is 1. The lowest BCUT2D eigenvalue weighted by molar-refractivity contribution is 0.302. The second-order valence-electron chi connectivity index (χ2n) is 5.19. The van der Waals surface area contributed by atoms with E-state index in [1.165, 1.54) is 30.6 Å². The molecule has 0 bridgehead atoms. The average molecular weight is 240 g/mol. The molecule has 3 heteroatoms. The summed E-state index contributed by atoms with van der Waals surface area (Å²) in [7, 11) is 0. The van der Waals surface area contributed by atoms with Crippen molar-refractivity contribution in [1.29, 1.82) is 0 Å². The van der Waals surface area contributed by atoms with Gasteiger partial charge >= 0.3 is 0 Å². The van der Waals surface area contributed by atoms with Gasteiger partial charge in [0.1, 0.15) is 0 Å². The molecular formula is C13H24N2S. The highest BCUT2D eigenvalue weighted by atomic mass is 32.1. The van der Waals surface area contributed by atoms with Crippen molar-refractivity contribution >= 4 is 11.3 Å². The van der Waals surface area contributed by atoms with E-state index < -0.39 is 0 Å². The molecule has 1 N–H and O–H groups in total. The van der Waals surface area contributed by atoms with Crippen LogP contribution in [-0.4, -0.2) is 11.5 Å². The van der Waals surface area contributed by atoms with Crippen LogP contribution in [0.15, 0.2) is 11.7 Å². The fourth-order valence-corrected chi connectivity index (χ4v) is 2.36. The number of hydrogen-bond donors (Lipinski definition) is 1. The summed E-state index contributed by atoms with van der Waals surface area (Å²) in [6.45, 7) is 9.01. The van der Waals surface area contributed by atoms with E-state index in [9.17, 15) is 0 Å². The summed E-state index contributed by atoms with van der Waals surface area (Å²) >= 11 is 1.72. The van der Waals surface area contributed by atoms with Crippen molar-refractivity contribution in [2.45, 2.75) is 53.0 Å². The molecule has 0 fully saturated rings. The Labute approximate surface area is 103 Å². The van der Waals surface area contributed by atoms with Crippen LogP contribution in [0.3, 0.4) is 0 Å². The molecule has 92 valence electrons. The molecule has 16 heavy (non-hydrogen) atoms. The fourth-order valence-electron chi connectivity index (χ4n) is 1.80. The number of unbranched alkanes of at least 4 members (excludes halogenated alkanes) is 2. The first-order valence-electron chi connectivity index (χ1n) is 6.22. The normalized spacial score (nSPS) is 11.9. The van der Waals surface area contributed by atoms with Crippen LogP contribution in [0.4, 0.5) is 0 Å². The average Bonchev–Trinajstić information content (AvgIpc) is 2.70. The Balaban J connectivity index is 2.14. The van der Waals surface area contributed by atoms with E-state index in [0.717, 1.165) is 13.1 Å². The van der Waals surface area contributed by atoms with Crippen molar-refractivity contribution < 1.29 is 0 Å². The highest BCUT2D eigenvalue weighted by molar-refractivity contribution is 7.09. The van der Waals surface area contributed by atoms with Crippen molar-refractivity contribution in [3.8, 4) is 0 Å². The minimum absolute atomic E-state index is 0.417. The third-order valence-electron chi connectivity index (χ3n) is 2.84. The van der Waals surface area contributed by atoms with Crippen molar-refractivity contribution in [3.63, 3.8) is 0 Å². The van der Waals surface area contributed by atoms with Gasteiger partial charge in [-0.25, -0.2) is 0 Å². The molecule has 0 aliphatic rings. The standard InChI is InChI=1S/C13H24N2S/c1-4-5-6-7-13(2,3)10-14-8-12-9-15-11-16-12/h9,11,14H,4-8,10H2,1-3H3. The molecule has 0 aliphatic heterocycles. The lowest BCUT2D eigenvalue weighted by Gasteiger charge is -2.24. The maximum absolute atomic E-state index is 4.08. The first-order valence-corrected chi connectivity index (χ1v) is 7.10. The Bertz CT molecular complexity index is 267. The summed E-state index contributed by atoms with van der Waals surface area (Å²) < 4.78 is 0. The Hall–Kier alpha value is -0.410. The molecule has 0 saturated carbocycles.